The van der Waals surface area contributed by atoms with Crippen molar-refractivity contribution in [3.05, 3.63) is 65.7 Å². The van der Waals surface area contributed by atoms with Gasteiger partial charge in [0.05, 0.1) is 12.7 Å². The number of hydrogen-bond donors (Lipinski definition) is 2. The molecule has 0 saturated heterocycles. The number of hydrogen-bond acceptors (Lipinski definition) is 3. The normalized spacial score (nSPS) is 12.9. The Bertz CT molecular complexity index is 759. The third-order valence-electron chi connectivity index (χ3n) is 4.54. The van der Waals surface area contributed by atoms with Crippen molar-refractivity contribution in [3.8, 4) is 5.75 Å². The van der Waals surface area contributed by atoms with E-state index in [0.29, 0.717) is 17.9 Å². The van der Waals surface area contributed by atoms with Crippen molar-refractivity contribution in [1.29, 1.82) is 0 Å². The summed E-state index contributed by atoms with van der Waals surface area (Å²) in [6.07, 6.45) is 0. The first-order chi connectivity index (χ1) is 12.9. The van der Waals surface area contributed by atoms with E-state index < -0.39 is 6.04 Å². The van der Waals surface area contributed by atoms with Gasteiger partial charge in [0.15, 0.2) is 0 Å². The van der Waals surface area contributed by atoms with E-state index in [4.69, 9.17) is 4.74 Å². The van der Waals surface area contributed by atoms with Gasteiger partial charge in [-0.05, 0) is 29.5 Å². The second kappa shape index (κ2) is 9.76. The van der Waals surface area contributed by atoms with Crippen molar-refractivity contribution in [2.45, 2.75) is 32.7 Å². The molecule has 0 aliphatic heterocycles. The fraction of sp³-hybridized carbons (Fsp3) is 0.364. The SMILES string of the molecule is COc1ccccc1C(=O)N[C@H](C(=O)NC[C@H](C)c1ccccc1)C(C)C. The lowest BCUT2D eigenvalue weighted by molar-refractivity contribution is -0.124. The van der Waals surface area contributed by atoms with E-state index in [-0.39, 0.29) is 23.7 Å². The van der Waals surface area contributed by atoms with Crippen LogP contribution in [0.5, 0.6) is 5.75 Å². The highest BCUT2D eigenvalue weighted by Gasteiger charge is 2.26. The fourth-order valence-corrected chi connectivity index (χ4v) is 2.85. The molecule has 5 nitrogen and oxygen atoms in total. The summed E-state index contributed by atoms with van der Waals surface area (Å²) in [6, 6.07) is 16.4. The number of rotatable bonds is 8. The van der Waals surface area contributed by atoms with Crippen molar-refractivity contribution in [3.63, 3.8) is 0 Å². The molecule has 2 amide bonds. The van der Waals surface area contributed by atoms with Gasteiger partial charge in [-0.3, -0.25) is 9.59 Å². The molecule has 0 saturated carbocycles. The highest BCUT2D eigenvalue weighted by molar-refractivity contribution is 5.99. The first kappa shape index (κ1) is 20.5. The summed E-state index contributed by atoms with van der Waals surface area (Å²) in [6.45, 7) is 6.39. The molecular weight excluding hydrogens is 340 g/mol. The fourth-order valence-electron chi connectivity index (χ4n) is 2.85. The van der Waals surface area contributed by atoms with E-state index in [9.17, 15) is 9.59 Å². The van der Waals surface area contributed by atoms with Gasteiger partial charge in [-0.25, -0.2) is 0 Å². The van der Waals surface area contributed by atoms with E-state index in [1.807, 2.05) is 44.2 Å². The van der Waals surface area contributed by atoms with E-state index in [1.165, 1.54) is 7.11 Å². The van der Waals surface area contributed by atoms with Crippen LogP contribution in [-0.2, 0) is 4.79 Å². The van der Waals surface area contributed by atoms with E-state index in [2.05, 4.69) is 17.6 Å². The standard InChI is InChI=1S/C22H28N2O3/c1-15(2)20(24-21(25)18-12-8-9-13-19(18)27-4)22(26)23-14-16(3)17-10-6-5-7-11-17/h5-13,15-16,20H,14H2,1-4H3,(H,23,26)(H,24,25)/t16-,20-/m0/s1. The smallest absolute Gasteiger partial charge is 0.255 e. The van der Waals surface area contributed by atoms with Crippen LogP contribution in [0, 0.1) is 5.92 Å². The summed E-state index contributed by atoms with van der Waals surface area (Å²) >= 11 is 0. The molecule has 0 radical (unpaired) electrons. The first-order valence-electron chi connectivity index (χ1n) is 9.20. The van der Waals surface area contributed by atoms with E-state index in [1.54, 1.807) is 24.3 Å². The van der Waals surface area contributed by atoms with Gasteiger partial charge >= 0.3 is 0 Å². The van der Waals surface area contributed by atoms with Crippen molar-refractivity contribution in [2.24, 2.45) is 5.92 Å². The van der Waals surface area contributed by atoms with Crippen LogP contribution in [0.4, 0.5) is 0 Å². The number of benzene rings is 2. The molecule has 0 aliphatic carbocycles. The zero-order chi connectivity index (χ0) is 19.8. The zero-order valence-electron chi connectivity index (χ0n) is 16.4. The Morgan fingerprint density at radius 1 is 0.963 bits per heavy atom. The third-order valence-corrected chi connectivity index (χ3v) is 4.54. The first-order valence-corrected chi connectivity index (χ1v) is 9.20. The quantitative estimate of drug-likeness (QED) is 0.751. The van der Waals surface area contributed by atoms with Gasteiger partial charge in [-0.15, -0.1) is 0 Å². The van der Waals surface area contributed by atoms with Gasteiger partial charge in [-0.1, -0.05) is 63.2 Å². The van der Waals surface area contributed by atoms with Gasteiger partial charge in [0, 0.05) is 6.54 Å². The number of para-hydroxylation sites is 1. The van der Waals surface area contributed by atoms with Gasteiger partial charge in [0.2, 0.25) is 5.91 Å². The lowest BCUT2D eigenvalue weighted by atomic mass is 9.99. The van der Waals surface area contributed by atoms with Crippen LogP contribution in [-0.4, -0.2) is 31.5 Å². The number of ether oxygens (including phenoxy) is 1. The summed E-state index contributed by atoms with van der Waals surface area (Å²) in [5.74, 6) is 0.118. The summed E-state index contributed by atoms with van der Waals surface area (Å²) in [4.78, 5) is 25.3. The molecule has 0 bridgehead atoms. The monoisotopic (exact) mass is 368 g/mol. The van der Waals surface area contributed by atoms with Crippen LogP contribution >= 0.6 is 0 Å². The molecule has 2 rings (SSSR count). The highest BCUT2D eigenvalue weighted by Crippen LogP contribution is 2.18. The Morgan fingerprint density at radius 2 is 1.59 bits per heavy atom. The molecule has 2 N–H and O–H groups in total. The van der Waals surface area contributed by atoms with E-state index in [0.717, 1.165) is 5.56 Å². The summed E-state index contributed by atoms with van der Waals surface area (Å²) in [5.41, 5.74) is 1.58. The van der Waals surface area contributed by atoms with Crippen molar-refractivity contribution >= 4 is 11.8 Å². The zero-order valence-corrected chi connectivity index (χ0v) is 16.4. The second-order valence-corrected chi connectivity index (χ2v) is 6.95. The number of nitrogens with one attached hydrogen (secondary N) is 2. The molecule has 2 aromatic carbocycles. The average Bonchev–Trinajstić information content (AvgIpc) is 2.70. The van der Waals surface area contributed by atoms with Crippen LogP contribution in [0.3, 0.4) is 0 Å². The predicted octanol–water partition coefficient (Wildman–Crippen LogP) is 3.37. The summed E-state index contributed by atoms with van der Waals surface area (Å²) in [7, 11) is 1.52. The Labute approximate surface area is 161 Å². The van der Waals surface area contributed by atoms with Crippen LogP contribution in [0.25, 0.3) is 0 Å². The van der Waals surface area contributed by atoms with Crippen LogP contribution in [0.1, 0.15) is 42.6 Å². The molecule has 0 fully saturated rings. The highest BCUT2D eigenvalue weighted by atomic mass is 16.5. The molecule has 0 unspecified atom stereocenters. The van der Waals surface area contributed by atoms with Crippen molar-refractivity contribution in [1.82, 2.24) is 10.6 Å². The minimum Gasteiger partial charge on any atom is -0.496 e. The maximum atomic E-state index is 12.7. The Kier molecular flexibility index (Phi) is 7.41. The van der Waals surface area contributed by atoms with Gasteiger partial charge in [0.1, 0.15) is 11.8 Å². The summed E-state index contributed by atoms with van der Waals surface area (Å²) in [5, 5.41) is 5.80. The summed E-state index contributed by atoms with van der Waals surface area (Å²) < 4.78 is 5.24. The maximum Gasteiger partial charge on any atom is 0.255 e. The predicted molar refractivity (Wildman–Crippen MR) is 107 cm³/mol. The molecule has 0 spiro atoms. The molecule has 0 aliphatic rings. The van der Waals surface area contributed by atoms with Crippen LogP contribution in [0.2, 0.25) is 0 Å². The molecule has 27 heavy (non-hydrogen) atoms. The topological polar surface area (TPSA) is 67.4 Å². The van der Waals surface area contributed by atoms with E-state index >= 15 is 0 Å². The number of carbonyl (C=O) groups is 2. The van der Waals surface area contributed by atoms with Crippen LogP contribution in [0.15, 0.2) is 54.6 Å². The number of amides is 2. The lowest BCUT2D eigenvalue weighted by Gasteiger charge is -2.23. The Hall–Kier alpha value is -2.82. The number of carbonyl (C=O) groups excluding carboxylic acids is 2. The van der Waals surface area contributed by atoms with Crippen LogP contribution < -0.4 is 15.4 Å². The van der Waals surface area contributed by atoms with Crippen molar-refractivity contribution in [2.75, 3.05) is 13.7 Å². The van der Waals surface area contributed by atoms with Crippen molar-refractivity contribution < 1.29 is 14.3 Å². The van der Waals surface area contributed by atoms with Gasteiger partial charge < -0.3 is 15.4 Å². The molecule has 5 heteroatoms. The van der Waals surface area contributed by atoms with Gasteiger partial charge in [0.25, 0.3) is 5.91 Å². The molecule has 144 valence electrons. The molecule has 0 heterocycles. The number of methoxy groups -OCH3 is 1. The minimum absolute atomic E-state index is 0.0457. The largest absolute Gasteiger partial charge is 0.496 e. The Morgan fingerprint density at radius 3 is 2.22 bits per heavy atom. The molecular formula is C22H28N2O3. The molecule has 0 aromatic heterocycles. The molecule has 2 atom stereocenters. The molecule has 2 aromatic rings. The maximum absolute atomic E-state index is 12.7. The minimum atomic E-state index is -0.620. The second-order valence-electron chi connectivity index (χ2n) is 6.95. The Balaban J connectivity index is 2.01. The van der Waals surface area contributed by atoms with Gasteiger partial charge in [-0.2, -0.15) is 0 Å². The third kappa shape index (κ3) is 5.58. The average molecular weight is 368 g/mol. The lowest BCUT2D eigenvalue weighted by Crippen LogP contribution is -2.50.